The van der Waals surface area contributed by atoms with E-state index in [0.29, 0.717) is 0 Å². The maximum absolute atomic E-state index is 2.49. The van der Waals surface area contributed by atoms with Crippen LogP contribution < -0.4 is 20.7 Å². The standard InChI is InChI=1S/C32H22Si/c1-3-14-26(15-4-1)33(27-16-5-2-6-17-27)30-20-19-23-11-9-10-18-28(23)32(30)29-21-24-12-7-8-13-25(24)22-31(29)33/h1-22H. The van der Waals surface area contributed by atoms with E-state index in [1.165, 1.54) is 53.4 Å². The maximum Gasteiger partial charge on any atom is 0.180 e. The Morgan fingerprint density at radius 3 is 1.61 bits per heavy atom. The minimum absolute atomic E-state index is 1.31. The van der Waals surface area contributed by atoms with Crippen LogP contribution in [0.5, 0.6) is 0 Å². The molecular formula is C32H22Si. The Hall–Kier alpha value is -3.94. The quantitative estimate of drug-likeness (QED) is 0.322. The van der Waals surface area contributed by atoms with E-state index in [-0.39, 0.29) is 0 Å². The Bertz CT molecular complexity index is 1610. The fraction of sp³-hybridized carbons (Fsp3) is 0. The summed E-state index contributed by atoms with van der Waals surface area (Å²) in [6.07, 6.45) is 0. The summed E-state index contributed by atoms with van der Waals surface area (Å²) >= 11 is 0. The van der Waals surface area contributed by atoms with E-state index >= 15 is 0 Å². The van der Waals surface area contributed by atoms with Gasteiger partial charge in [0.25, 0.3) is 0 Å². The first-order valence-corrected chi connectivity index (χ1v) is 13.5. The van der Waals surface area contributed by atoms with Crippen molar-refractivity contribution in [2.75, 3.05) is 0 Å². The van der Waals surface area contributed by atoms with Gasteiger partial charge in [-0.1, -0.05) is 127 Å². The molecule has 0 radical (unpaired) electrons. The zero-order valence-corrected chi connectivity index (χ0v) is 19.2. The van der Waals surface area contributed by atoms with Crippen molar-refractivity contribution < 1.29 is 0 Å². The predicted molar refractivity (Wildman–Crippen MR) is 144 cm³/mol. The number of rotatable bonds is 2. The molecule has 7 rings (SSSR count). The fourth-order valence-corrected chi connectivity index (χ4v) is 11.1. The molecule has 154 valence electrons. The van der Waals surface area contributed by atoms with E-state index < -0.39 is 8.07 Å². The average Bonchev–Trinajstić information content (AvgIpc) is 3.19. The molecule has 1 aliphatic heterocycles. The Labute approximate surface area is 194 Å². The minimum atomic E-state index is -2.46. The van der Waals surface area contributed by atoms with Gasteiger partial charge < -0.3 is 0 Å². The maximum atomic E-state index is 2.49. The van der Waals surface area contributed by atoms with E-state index in [1.54, 1.807) is 0 Å². The van der Waals surface area contributed by atoms with Crippen molar-refractivity contribution in [3.05, 3.63) is 133 Å². The van der Waals surface area contributed by atoms with Gasteiger partial charge in [0.2, 0.25) is 0 Å². The monoisotopic (exact) mass is 434 g/mol. The molecule has 0 saturated heterocycles. The molecule has 0 saturated carbocycles. The lowest BCUT2D eigenvalue weighted by molar-refractivity contribution is 1.71. The molecule has 0 fully saturated rings. The van der Waals surface area contributed by atoms with Gasteiger partial charge in [0.15, 0.2) is 8.07 Å². The fourth-order valence-electron chi connectivity index (χ4n) is 5.94. The summed E-state index contributed by atoms with van der Waals surface area (Å²) in [5, 5.41) is 11.2. The van der Waals surface area contributed by atoms with Crippen LogP contribution in [0.2, 0.25) is 0 Å². The lowest BCUT2D eigenvalue weighted by Crippen LogP contribution is -2.72. The molecule has 0 aliphatic carbocycles. The molecule has 0 bridgehead atoms. The molecule has 1 heteroatoms. The second-order valence-corrected chi connectivity index (χ2v) is 12.7. The second kappa shape index (κ2) is 7.03. The van der Waals surface area contributed by atoms with Crippen LogP contribution in [-0.2, 0) is 0 Å². The van der Waals surface area contributed by atoms with Crippen molar-refractivity contribution in [3.8, 4) is 11.1 Å². The van der Waals surface area contributed by atoms with Crippen LogP contribution in [0, 0.1) is 0 Å². The van der Waals surface area contributed by atoms with Gasteiger partial charge in [-0.05, 0) is 59.5 Å². The van der Waals surface area contributed by atoms with Gasteiger partial charge >= 0.3 is 0 Å². The van der Waals surface area contributed by atoms with Gasteiger partial charge in [0.1, 0.15) is 0 Å². The summed E-state index contributed by atoms with van der Waals surface area (Å²) < 4.78 is 0. The lowest BCUT2D eigenvalue weighted by Gasteiger charge is -2.31. The first-order valence-electron chi connectivity index (χ1n) is 11.5. The second-order valence-electron chi connectivity index (χ2n) is 8.94. The molecule has 6 aromatic rings. The van der Waals surface area contributed by atoms with Crippen LogP contribution >= 0.6 is 0 Å². The molecule has 1 heterocycles. The summed E-state index contributed by atoms with van der Waals surface area (Å²) in [6, 6.07) is 49.8. The van der Waals surface area contributed by atoms with Crippen LogP contribution in [-0.4, -0.2) is 8.07 Å². The third kappa shape index (κ3) is 2.51. The van der Waals surface area contributed by atoms with Gasteiger partial charge in [-0.2, -0.15) is 0 Å². The van der Waals surface area contributed by atoms with Gasteiger partial charge in [-0.15, -0.1) is 0 Å². The van der Waals surface area contributed by atoms with Crippen LogP contribution in [0.25, 0.3) is 32.7 Å². The number of fused-ring (bicyclic) bond motifs is 6. The number of benzene rings is 6. The Balaban J connectivity index is 1.74. The summed E-state index contributed by atoms with van der Waals surface area (Å²) in [4.78, 5) is 0. The highest BCUT2D eigenvalue weighted by Gasteiger charge is 2.49. The molecule has 0 atom stereocenters. The largest absolute Gasteiger partial charge is 0.180 e. The lowest BCUT2D eigenvalue weighted by atomic mass is 9.96. The van der Waals surface area contributed by atoms with Gasteiger partial charge in [-0.25, -0.2) is 0 Å². The van der Waals surface area contributed by atoms with Gasteiger partial charge in [-0.3, -0.25) is 0 Å². The highest BCUT2D eigenvalue weighted by atomic mass is 28.3. The third-order valence-electron chi connectivity index (χ3n) is 7.31. The summed E-state index contributed by atoms with van der Waals surface area (Å²) in [7, 11) is -2.46. The molecule has 0 unspecified atom stereocenters. The van der Waals surface area contributed by atoms with Crippen molar-refractivity contribution in [1.82, 2.24) is 0 Å². The zero-order valence-electron chi connectivity index (χ0n) is 18.2. The number of hydrogen-bond donors (Lipinski definition) is 0. The van der Waals surface area contributed by atoms with Crippen molar-refractivity contribution >= 4 is 50.4 Å². The summed E-state index contributed by atoms with van der Waals surface area (Å²) in [5.41, 5.74) is 2.83. The van der Waals surface area contributed by atoms with Crippen LogP contribution in [0.1, 0.15) is 0 Å². The Kier molecular flexibility index (Phi) is 3.96. The molecule has 0 N–H and O–H groups in total. The van der Waals surface area contributed by atoms with E-state index in [0.717, 1.165) is 0 Å². The van der Waals surface area contributed by atoms with E-state index in [1.807, 2.05) is 0 Å². The normalized spacial score (nSPS) is 13.7. The third-order valence-corrected chi connectivity index (χ3v) is 12.2. The molecule has 0 aromatic heterocycles. The number of hydrogen-bond acceptors (Lipinski definition) is 0. The van der Waals surface area contributed by atoms with E-state index in [4.69, 9.17) is 0 Å². The van der Waals surface area contributed by atoms with Crippen molar-refractivity contribution in [1.29, 1.82) is 0 Å². The molecule has 6 aromatic carbocycles. The highest BCUT2D eigenvalue weighted by Crippen LogP contribution is 2.36. The minimum Gasteiger partial charge on any atom is -0.0623 e. The van der Waals surface area contributed by atoms with E-state index in [2.05, 4.69) is 133 Å². The smallest absolute Gasteiger partial charge is 0.0623 e. The van der Waals surface area contributed by atoms with Gasteiger partial charge in [0.05, 0.1) is 0 Å². The topological polar surface area (TPSA) is 0 Å². The molecule has 1 aliphatic rings. The predicted octanol–water partition coefficient (Wildman–Crippen LogP) is 5.35. The van der Waals surface area contributed by atoms with Crippen molar-refractivity contribution in [2.45, 2.75) is 0 Å². The average molecular weight is 435 g/mol. The first kappa shape index (κ1) is 18.6. The summed E-state index contributed by atoms with van der Waals surface area (Å²) in [6.45, 7) is 0. The van der Waals surface area contributed by atoms with E-state index in [9.17, 15) is 0 Å². The van der Waals surface area contributed by atoms with Crippen LogP contribution in [0.3, 0.4) is 0 Å². The molecule has 0 nitrogen and oxygen atoms in total. The van der Waals surface area contributed by atoms with Crippen LogP contribution in [0.4, 0.5) is 0 Å². The summed E-state index contributed by atoms with van der Waals surface area (Å²) in [5.74, 6) is 0. The highest BCUT2D eigenvalue weighted by molar-refractivity contribution is 7.22. The molecule has 0 spiro atoms. The van der Waals surface area contributed by atoms with Crippen LogP contribution in [0.15, 0.2) is 133 Å². The molecule has 0 amide bonds. The zero-order chi connectivity index (χ0) is 21.8. The first-order chi connectivity index (χ1) is 16.4. The SMILES string of the molecule is c1ccc([Si]2(c3ccccc3)c3cc4ccccc4cc3-c3c2ccc2ccccc32)cc1. The van der Waals surface area contributed by atoms with Crippen molar-refractivity contribution in [3.63, 3.8) is 0 Å². The Morgan fingerprint density at radius 1 is 0.394 bits per heavy atom. The van der Waals surface area contributed by atoms with Crippen molar-refractivity contribution in [2.24, 2.45) is 0 Å². The Morgan fingerprint density at radius 2 is 0.939 bits per heavy atom. The molecule has 33 heavy (non-hydrogen) atoms. The molecular weight excluding hydrogens is 412 g/mol. The van der Waals surface area contributed by atoms with Gasteiger partial charge in [0, 0.05) is 0 Å².